The van der Waals surface area contributed by atoms with Crippen LogP contribution in [0.25, 0.3) is 0 Å². The summed E-state index contributed by atoms with van der Waals surface area (Å²) in [6.07, 6.45) is 0. The lowest BCUT2D eigenvalue weighted by molar-refractivity contribution is 0.0865. The maximum atomic E-state index is 5.48. The third-order valence-corrected chi connectivity index (χ3v) is 3.47. The van der Waals surface area contributed by atoms with Crippen LogP contribution in [0.4, 0.5) is 0 Å². The van der Waals surface area contributed by atoms with Gasteiger partial charge in [-0.3, -0.25) is 0 Å². The molecule has 0 fully saturated rings. The Bertz CT molecular complexity index is 141. The van der Waals surface area contributed by atoms with Crippen molar-refractivity contribution in [3.8, 4) is 0 Å². The number of ether oxygens (including phenoxy) is 1. The van der Waals surface area contributed by atoms with Gasteiger partial charge in [0.05, 0.1) is 0 Å². The summed E-state index contributed by atoms with van der Waals surface area (Å²) in [5.41, 5.74) is -2.62. The predicted molar refractivity (Wildman–Crippen MR) is 60.9 cm³/mol. The fourth-order valence-electron chi connectivity index (χ4n) is 0.259. The minimum Gasteiger partial charge on any atom is -0.334 e. The zero-order valence-electron chi connectivity index (χ0n) is 5.59. The molecule has 9 heteroatoms. The molecule has 2 atom stereocenters. The standard InChI is InChI=1S/C4H2Cl8O/c5-1(3(7,8)9)13-2(6)4(10,11)12/h1-2H/t1-,2-/m0/s1. The largest absolute Gasteiger partial charge is 0.334 e. The molecule has 1 nitrogen and oxygen atoms in total. The summed E-state index contributed by atoms with van der Waals surface area (Å²) in [5.74, 6) is 0. The van der Waals surface area contributed by atoms with Crippen molar-refractivity contribution >= 4 is 92.8 Å². The number of halogens is 8. The summed E-state index contributed by atoms with van der Waals surface area (Å²) < 4.78 is 1.03. The van der Waals surface area contributed by atoms with Crippen molar-refractivity contribution in [2.45, 2.75) is 18.7 Å². The van der Waals surface area contributed by atoms with Crippen LogP contribution in [0.1, 0.15) is 0 Å². The smallest absolute Gasteiger partial charge is 0.230 e. The molecule has 13 heavy (non-hydrogen) atoms. The van der Waals surface area contributed by atoms with Gasteiger partial charge in [-0.15, -0.1) is 0 Å². The first kappa shape index (κ1) is 15.3. The SMILES string of the molecule is Cl[C@@H](O[C@H](Cl)C(Cl)(Cl)Cl)C(Cl)(Cl)Cl. The number of hydrogen-bond donors (Lipinski definition) is 0. The van der Waals surface area contributed by atoms with Crippen LogP contribution in [0, 0.1) is 0 Å². The lowest BCUT2D eigenvalue weighted by atomic mass is 10.7. The highest BCUT2D eigenvalue weighted by Gasteiger charge is 2.39. The Labute approximate surface area is 115 Å². The van der Waals surface area contributed by atoms with Gasteiger partial charge in [-0.2, -0.15) is 0 Å². The molecular weight excluding hydrogens is 348 g/mol. The van der Waals surface area contributed by atoms with Crippen LogP contribution in [0.3, 0.4) is 0 Å². The summed E-state index contributed by atoms with van der Waals surface area (Å²) in [7, 11) is 0. The van der Waals surface area contributed by atoms with E-state index in [0.717, 1.165) is 0 Å². The van der Waals surface area contributed by atoms with E-state index in [9.17, 15) is 0 Å². The van der Waals surface area contributed by atoms with Gasteiger partial charge in [0, 0.05) is 0 Å². The average Bonchev–Trinajstić information content (AvgIpc) is 1.82. The summed E-state index contributed by atoms with van der Waals surface area (Å²) >= 11 is 43.1. The van der Waals surface area contributed by atoms with Crippen LogP contribution in [-0.4, -0.2) is 18.7 Å². The van der Waals surface area contributed by atoms with Gasteiger partial charge in [-0.05, 0) is 0 Å². The van der Waals surface area contributed by atoms with Gasteiger partial charge in [-0.1, -0.05) is 92.8 Å². The quantitative estimate of drug-likeness (QED) is 0.646. The van der Waals surface area contributed by atoms with Gasteiger partial charge < -0.3 is 4.74 Å². The van der Waals surface area contributed by atoms with Crippen LogP contribution in [0.15, 0.2) is 0 Å². The van der Waals surface area contributed by atoms with Crippen molar-refractivity contribution in [3.63, 3.8) is 0 Å². The highest BCUT2D eigenvalue weighted by Crippen LogP contribution is 2.40. The molecule has 0 bridgehead atoms. The molecule has 0 aliphatic heterocycles. The van der Waals surface area contributed by atoms with E-state index >= 15 is 0 Å². The van der Waals surface area contributed by atoms with Crippen molar-refractivity contribution in [1.29, 1.82) is 0 Å². The molecule has 80 valence electrons. The Balaban J connectivity index is 4.15. The second-order valence-electron chi connectivity index (χ2n) is 1.85. The Morgan fingerprint density at radius 3 is 1.08 bits per heavy atom. The lowest BCUT2D eigenvalue weighted by Gasteiger charge is -2.24. The first-order valence-corrected chi connectivity index (χ1v) is 5.76. The summed E-state index contributed by atoms with van der Waals surface area (Å²) in [6.45, 7) is 0. The van der Waals surface area contributed by atoms with Crippen LogP contribution in [0.5, 0.6) is 0 Å². The molecule has 0 amide bonds. The summed E-state index contributed by atoms with van der Waals surface area (Å²) in [6, 6.07) is 0. The molecular formula is C4H2Cl8O. The minimum atomic E-state index is -1.84. The van der Waals surface area contributed by atoms with Gasteiger partial charge in [0.25, 0.3) is 0 Å². The topological polar surface area (TPSA) is 9.23 Å². The second kappa shape index (κ2) is 5.56. The summed E-state index contributed by atoms with van der Waals surface area (Å²) in [4.78, 5) is 0. The van der Waals surface area contributed by atoms with E-state index in [4.69, 9.17) is 97.5 Å². The Morgan fingerprint density at radius 2 is 0.923 bits per heavy atom. The van der Waals surface area contributed by atoms with E-state index in [0.29, 0.717) is 0 Å². The highest BCUT2D eigenvalue weighted by atomic mass is 35.6. The molecule has 0 spiro atoms. The molecule has 0 saturated carbocycles. The second-order valence-corrected chi connectivity index (χ2v) is 7.38. The van der Waals surface area contributed by atoms with Crippen molar-refractivity contribution < 1.29 is 4.74 Å². The third-order valence-electron chi connectivity index (χ3n) is 0.754. The first-order chi connectivity index (χ1) is 5.55. The zero-order valence-corrected chi connectivity index (χ0v) is 11.6. The van der Waals surface area contributed by atoms with Crippen molar-refractivity contribution in [1.82, 2.24) is 0 Å². The monoisotopic (exact) mass is 346 g/mol. The average molecular weight is 350 g/mol. The number of hydrogen-bond acceptors (Lipinski definition) is 1. The van der Waals surface area contributed by atoms with Crippen LogP contribution < -0.4 is 0 Å². The van der Waals surface area contributed by atoms with E-state index in [2.05, 4.69) is 0 Å². The minimum absolute atomic E-state index is 1.31. The number of alkyl halides is 8. The van der Waals surface area contributed by atoms with E-state index in [1.807, 2.05) is 0 Å². The molecule has 0 N–H and O–H groups in total. The molecule has 0 heterocycles. The van der Waals surface area contributed by atoms with Crippen LogP contribution in [-0.2, 0) is 4.74 Å². The molecule has 0 radical (unpaired) electrons. The van der Waals surface area contributed by atoms with E-state index in [-0.39, 0.29) is 0 Å². The van der Waals surface area contributed by atoms with Crippen molar-refractivity contribution in [2.75, 3.05) is 0 Å². The normalized spacial score (nSPS) is 18.5. The lowest BCUT2D eigenvalue weighted by Crippen LogP contribution is -2.32. The third kappa shape index (κ3) is 6.44. The van der Waals surface area contributed by atoms with E-state index in [1.54, 1.807) is 0 Å². The fourth-order valence-corrected chi connectivity index (χ4v) is 0.826. The maximum Gasteiger partial charge on any atom is 0.230 e. The zero-order chi connectivity index (χ0) is 10.9. The Hall–Kier alpha value is 2.28. The molecule has 0 saturated heterocycles. The number of rotatable bonds is 2. The van der Waals surface area contributed by atoms with Crippen LogP contribution >= 0.6 is 92.8 Å². The van der Waals surface area contributed by atoms with Crippen molar-refractivity contribution in [3.05, 3.63) is 0 Å². The first-order valence-electron chi connectivity index (χ1n) is 2.62. The summed E-state index contributed by atoms with van der Waals surface area (Å²) in [5, 5.41) is 0. The van der Waals surface area contributed by atoms with E-state index in [1.165, 1.54) is 0 Å². The highest BCUT2D eigenvalue weighted by molar-refractivity contribution is 6.71. The Kier molecular flexibility index (Phi) is 6.54. The van der Waals surface area contributed by atoms with Gasteiger partial charge in [0.1, 0.15) is 0 Å². The molecule has 0 aliphatic carbocycles. The molecule has 0 aliphatic rings. The van der Waals surface area contributed by atoms with E-state index < -0.39 is 18.7 Å². The molecule has 0 aromatic rings. The molecule has 0 aromatic carbocycles. The molecule has 0 unspecified atom stereocenters. The van der Waals surface area contributed by atoms with Gasteiger partial charge >= 0.3 is 0 Å². The van der Waals surface area contributed by atoms with Crippen LogP contribution in [0.2, 0.25) is 0 Å². The molecule has 0 rings (SSSR count). The maximum absolute atomic E-state index is 5.48. The van der Waals surface area contributed by atoms with Gasteiger partial charge in [-0.25, -0.2) is 0 Å². The van der Waals surface area contributed by atoms with Crippen molar-refractivity contribution in [2.24, 2.45) is 0 Å². The fraction of sp³-hybridized carbons (Fsp3) is 1.00. The van der Waals surface area contributed by atoms with Gasteiger partial charge in [0.15, 0.2) is 11.1 Å². The Morgan fingerprint density at radius 1 is 0.692 bits per heavy atom. The van der Waals surface area contributed by atoms with Gasteiger partial charge in [0.2, 0.25) is 7.59 Å². The predicted octanol–water partition coefficient (Wildman–Crippen LogP) is 4.87. The molecule has 0 aromatic heterocycles.